The second-order valence-electron chi connectivity index (χ2n) is 6.83. The first kappa shape index (κ1) is 15.8. The van der Waals surface area contributed by atoms with Crippen molar-refractivity contribution in [1.29, 1.82) is 0 Å². The molecule has 114 valence electrons. The van der Waals surface area contributed by atoms with Gasteiger partial charge in [-0.2, -0.15) is 0 Å². The van der Waals surface area contributed by atoms with Gasteiger partial charge >= 0.3 is 0 Å². The fraction of sp³-hybridized carbons (Fsp3) is 0.812. The number of anilines is 1. The Balaban J connectivity index is 2.07. The summed E-state index contributed by atoms with van der Waals surface area (Å²) in [6.07, 6.45) is 7.39. The van der Waals surface area contributed by atoms with E-state index >= 15 is 0 Å². The molecule has 1 aliphatic rings. The van der Waals surface area contributed by atoms with Crippen LogP contribution in [0.5, 0.6) is 0 Å². The molecule has 1 fully saturated rings. The molecule has 0 atom stereocenters. The van der Waals surface area contributed by atoms with Crippen LogP contribution in [0.2, 0.25) is 0 Å². The number of thiazole rings is 1. The van der Waals surface area contributed by atoms with Gasteiger partial charge in [0.05, 0.1) is 5.69 Å². The zero-order valence-electron chi connectivity index (χ0n) is 13.4. The predicted octanol–water partition coefficient (Wildman–Crippen LogP) is 3.96. The lowest BCUT2D eigenvalue weighted by Crippen LogP contribution is -2.37. The molecule has 3 nitrogen and oxygen atoms in total. The van der Waals surface area contributed by atoms with Crippen LogP contribution in [0.4, 0.5) is 5.13 Å². The maximum absolute atomic E-state index is 5.86. The quantitative estimate of drug-likeness (QED) is 0.894. The fourth-order valence-electron chi connectivity index (χ4n) is 3.04. The Morgan fingerprint density at radius 1 is 1.35 bits per heavy atom. The van der Waals surface area contributed by atoms with Crippen LogP contribution in [0.25, 0.3) is 0 Å². The predicted molar refractivity (Wildman–Crippen MR) is 88.4 cm³/mol. The molecule has 1 saturated carbocycles. The van der Waals surface area contributed by atoms with Crippen LogP contribution in [-0.4, -0.2) is 18.1 Å². The van der Waals surface area contributed by atoms with Gasteiger partial charge < -0.3 is 10.6 Å². The van der Waals surface area contributed by atoms with Crippen molar-refractivity contribution in [3.63, 3.8) is 0 Å². The second kappa shape index (κ2) is 6.44. The van der Waals surface area contributed by atoms with Crippen LogP contribution < -0.4 is 10.6 Å². The average molecular weight is 295 g/mol. The molecule has 0 radical (unpaired) electrons. The standard InChI is InChI=1S/C16H29N3S/c1-5-6-13-14(11-17)20-15(18-13)19(4)12-7-9-16(2,3)10-8-12/h12H,5-11,17H2,1-4H3. The molecule has 0 spiro atoms. The summed E-state index contributed by atoms with van der Waals surface area (Å²) < 4.78 is 0. The van der Waals surface area contributed by atoms with E-state index in [0.717, 1.165) is 12.8 Å². The third-order valence-electron chi connectivity index (χ3n) is 4.60. The third kappa shape index (κ3) is 3.53. The molecule has 0 aliphatic heterocycles. The minimum absolute atomic E-state index is 0.524. The summed E-state index contributed by atoms with van der Waals surface area (Å²) in [7, 11) is 2.21. The van der Waals surface area contributed by atoms with E-state index in [1.54, 1.807) is 11.3 Å². The van der Waals surface area contributed by atoms with Crippen molar-refractivity contribution in [2.75, 3.05) is 11.9 Å². The summed E-state index contributed by atoms with van der Waals surface area (Å²) in [5.74, 6) is 0. The first-order valence-electron chi connectivity index (χ1n) is 7.88. The van der Waals surface area contributed by atoms with Crippen molar-refractivity contribution < 1.29 is 0 Å². The van der Waals surface area contributed by atoms with Gasteiger partial charge in [-0.25, -0.2) is 4.98 Å². The largest absolute Gasteiger partial charge is 0.348 e. The van der Waals surface area contributed by atoms with E-state index in [-0.39, 0.29) is 0 Å². The summed E-state index contributed by atoms with van der Waals surface area (Å²) >= 11 is 1.79. The maximum atomic E-state index is 5.86. The molecule has 2 N–H and O–H groups in total. The van der Waals surface area contributed by atoms with Crippen LogP contribution in [-0.2, 0) is 13.0 Å². The highest BCUT2D eigenvalue weighted by molar-refractivity contribution is 7.15. The number of aromatic nitrogens is 1. The Labute approximate surface area is 127 Å². The first-order valence-corrected chi connectivity index (χ1v) is 8.70. The number of aryl methyl sites for hydroxylation is 1. The van der Waals surface area contributed by atoms with Crippen LogP contribution in [0, 0.1) is 5.41 Å². The molecule has 20 heavy (non-hydrogen) atoms. The maximum Gasteiger partial charge on any atom is 0.185 e. The Morgan fingerprint density at radius 2 is 2.00 bits per heavy atom. The molecule has 0 saturated heterocycles. The van der Waals surface area contributed by atoms with E-state index < -0.39 is 0 Å². The summed E-state index contributed by atoms with van der Waals surface area (Å²) in [5, 5.41) is 1.17. The van der Waals surface area contributed by atoms with Crippen LogP contribution >= 0.6 is 11.3 Å². The van der Waals surface area contributed by atoms with Crippen LogP contribution in [0.1, 0.15) is 63.4 Å². The molecule has 4 heteroatoms. The molecule has 0 aromatic carbocycles. The number of rotatable bonds is 5. The summed E-state index contributed by atoms with van der Waals surface area (Å²) in [6.45, 7) is 7.60. The molecule has 0 bridgehead atoms. The SMILES string of the molecule is CCCc1nc(N(C)C2CCC(C)(C)CC2)sc1CN. The zero-order valence-corrected chi connectivity index (χ0v) is 14.2. The molecule has 1 aliphatic carbocycles. The molecule has 1 heterocycles. The second-order valence-corrected chi connectivity index (χ2v) is 7.89. The van der Waals surface area contributed by atoms with Crippen molar-refractivity contribution in [3.05, 3.63) is 10.6 Å². The molecule has 0 amide bonds. The van der Waals surface area contributed by atoms with Gasteiger partial charge in [0.2, 0.25) is 0 Å². The normalized spacial score (nSPS) is 19.2. The van der Waals surface area contributed by atoms with Crippen LogP contribution in [0.15, 0.2) is 0 Å². The Hall–Kier alpha value is -0.610. The Morgan fingerprint density at radius 3 is 2.55 bits per heavy atom. The number of hydrogen-bond donors (Lipinski definition) is 1. The lowest BCUT2D eigenvalue weighted by atomic mass is 9.75. The van der Waals surface area contributed by atoms with E-state index in [2.05, 4.69) is 32.7 Å². The molecular formula is C16H29N3S. The van der Waals surface area contributed by atoms with E-state index in [1.807, 2.05) is 0 Å². The zero-order chi connectivity index (χ0) is 14.8. The van der Waals surface area contributed by atoms with E-state index in [4.69, 9.17) is 10.7 Å². The van der Waals surface area contributed by atoms with Gasteiger partial charge in [0.15, 0.2) is 5.13 Å². The molecule has 1 aromatic rings. The summed E-state index contributed by atoms with van der Waals surface area (Å²) in [5.41, 5.74) is 7.60. The Kier molecular flexibility index (Phi) is 5.08. The van der Waals surface area contributed by atoms with Gasteiger partial charge in [-0.3, -0.25) is 0 Å². The fourth-order valence-corrected chi connectivity index (χ4v) is 4.06. The molecule has 0 unspecified atom stereocenters. The van der Waals surface area contributed by atoms with Crippen molar-refractivity contribution in [3.8, 4) is 0 Å². The van der Waals surface area contributed by atoms with E-state index in [9.17, 15) is 0 Å². The molecule has 2 rings (SSSR count). The van der Waals surface area contributed by atoms with Crippen LogP contribution in [0.3, 0.4) is 0 Å². The van der Waals surface area contributed by atoms with Crippen molar-refractivity contribution in [2.45, 2.75) is 71.9 Å². The van der Waals surface area contributed by atoms with Gasteiger partial charge in [0.25, 0.3) is 0 Å². The average Bonchev–Trinajstić information content (AvgIpc) is 2.81. The van der Waals surface area contributed by atoms with E-state index in [1.165, 1.54) is 41.4 Å². The summed E-state index contributed by atoms with van der Waals surface area (Å²) in [6, 6.07) is 0.647. The highest BCUT2D eigenvalue weighted by Crippen LogP contribution is 2.38. The monoisotopic (exact) mass is 295 g/mol. The lowest BCUT2D eigenvalue weighted by Gasteiger charge is -2.38. The van der Waals surface area contributed by atoms with Gasteiger partial charge in [-0.1, -0.05) is 27.2 Å². The highest BCUT2D eigenvalue weighted by atomic mass is 32.1. The molecule has 1 aromatic heterocycles. The van der Waals surface area contributed by atoms with E-state index in [0.29, 0.717) is 18.0 Å². The number of nitrogens with two attached hydrogens (primary N) is 1. The van der Waals surface area contributed by atoms with Gasteiger partial charge in [0, 0.05) is 24.5 Å². The van der Waals surface area contributed by atoms with Crippen molar-refractivity contribution in [1.82, 2.24) is 4.98 Å². The van der Waals surface area contributed by atoms with Crippen molar-refractivity contribution >= 4 is 16.5 Å². The smallest absolute Gasteiger partial charge is 0.185 e. The number of nitrogens with zero attached hydrogens (tertiary/aromatic N) is 2. The first-order chi connectivity index (χ1) is 9.46. The molecular weight excluding hydrogens is 266 g/mol. The Bertz CT molecular complexity index is 429. The van der Waals surface area contributed by atoms with Gasteiger partial charge in [0.1, 0.15) is 0 Å². The number of hydrogen-bond acceptors (Lipinski definition) is 4. The topological polar surface area (TPSA) is 42.2 Å². The lowest BCUT2D eigenvalue weighted by molar-refractivity contribution is 0.222. The minimum Gasteiger partial charge on any atom is -0.348 e. The van der Waals surface area contributed by atoms with Gasteiger partial charge in [-0.15, -0.1) is 11.3 Å². The highest BCUT2D eigenvalue weighted by Gasteiger charge is 2.30. The summed E-state index contributed by atoms with van der Waals surface area (Å²) in [4.78, 5) is 8.52. The van der Waals surface area contributed by atoms with Gasteiger partial charge in [-0.05, 0) is 37.5 Å². The minimum atomic E-state index is 0.524. The van der Waals surface area contributed by atoms with Crippen molar-refractivity contribution in [2.24, 2.45) is 11.1 Å². The third-order valence-corrected chi connectivity index (χ3v) is 5.81.